The molecule has 0 amide bonds. The lowest BCUT2D eigenvalue weighted by atomic mass is 9.76. The lowest BCUT2D eigenvalue weighted by Crippen LogP contribution is -2.22. The highest BCUT2D eigenvalue weighted by atomic mass is 16.1. The Kier molecular flexibility index (Phi) is 3.46. The van der Waals surface area contributed by atoms with Crippen molar-refractivity contribution >= 4 is 5.78 Å². The Labute approximate surface area is 104 Å². The van der Waals surface area contributed by atoms with Gasteiger partial charge in [-0.05, 0) is 35.8 Å². The van der Waals surface area contributed by atoms with Crippen molar-refractivity contribution < 1.29 is 4.79 Å². The third kappa shape index (κ3) is 3.29. The van der Waals surface area contributed by atoms with Crippen molar-refractivity contribution in [3.8, 4) is 0 Å². The lowest BCUT2D eigenvalue weighted by Gasteiger charge is -2.27. The van der Waals surface area contributed by atoms with Crippen LogP contribution in [0.2, 0.25) is 0 Å². The first-order valence-corrected chi connectivity index (χ1v) is 6.33. The molecular weight excluding hydrogens is 208 g/mol. The summed E-state index contributed by atoms with van der Waals surface area (Å²) in [5, 5.41) is 0. The van der Waals surface area contributed by atoms with Crippen LogP contribution < -0.4 is 0 Å². The zero-order valence-corrected chi connectivity index (χ0v) is 10.7. The summed E-state index contributed by atoms with van der Waals surface area (Å²) < 4.78 is 0. The Morgan fingerprint density at radius 2 is 1.82 bits per heavy atom. The molecule has 0 spiro atoms. The number of rotatable bonds is 3. The van der Waals surface area contributed by atoms with Crippen molar-refractivity contribution in [3.63, 3.8) is 0 Å². The molecule has 0 aromatic heterocycles. The van der Waals surface area contributed by atoms with Crippen molar-refractivity contribution in [3.05, 3.63) is 47.5 Å². The van der Waals surface area contributed by atoms with Crippen LogP contribution in [0.3, 0.4) is 0 Å². The summed E-state index contributed by atoms with van der Waals surface area (Å²) in [7, 11) is 0. The number of hydrogen-bond acceptors (Lipinski definition) is 1. The molecule has 1 aliphatic rings. The number of aryl methyl sites for hydroxylation is 1. The van der Waals surface area contributed by atoms with Crippen LogP contribution in [0.25, 0.3) is 0 Å². The van der Waals surface area contributed by atoms with E-state index in [0.29, 0.717) is 12.2 Å². The average Bonchev–Trinajstić information content (AvgIpc) is 2.28. The SMILES string of the molecule is CC1(C)CC=C(CCc2ccccc2)C(=O)C1. The number of Topliss-reactive ketones (excluding diaryl/α,β-unsaturated/α-hetero) is 1. The summed E-state index contributed by atoms with van der Waals surface area (Å²) >= 11 is 0. The average molecular weight is 228 g/mol. The topological polar surface area (TPSA) is 17.1 Å². The van der Waals surface area contributed by atoms with E-state index >= 15 is 0 Å². The van der Waals surface area contributed by atoms with Gasteiger partial charge >= 0.3 is 0 Å². The molecule has 0 heterocycles. The molecule has 0 atom stereocenters. The first-order chi connectivity index (χ1) is 8.07. The van der Waals surface area contributed by atoms with E-state index in [1.54, 1.807) is 0 Å². The highest BCUT2D eigenvalue weighted by Gasteiger charge is 2.27. The number of ketones is 1. The van der Waals surface area contributed by atoms with Gasteiger partial charge < -0.3 is 0 Å². The fraction of sp³-hybridized carbons (Fsp3) is 0.438. The largest absolute Gasteiger partial charge is 0.295 e. The second-order valence-electron chi connectivity index (χ2n) is 5.68. The molecule has 0 bridgehead atoms. The minimum Gasteiger partial charge on any atom is -0.295 e. The Bertz CT molecular complexity index is 426. The molecule has 0 aliphatic heterocycles. The van der Waals surface area contributed by atoms with Crippen LogP contribution in [0.5, 0.6) is 0 Å². The fourth-order valence-corrected chi connectivity index (χ4v) is 2.30. The third-order valence-electron chi connectivity index (χ3n) is 3.42. The Hall–Kier alpha value is -1.37. The molecule has 0 unspecified atom stereocenters. The van der Waals surface area contributed by atoms with Crippen LogP contribution in [0.1, 0.15) is 38.7 Å². The molecule has 0 fully saturated rings. The predicted molar refractivity (Wildman–Crippen MR) is 70.9 cm³/mol. The van der Waals surface area contributed by atoms with E-state index in [1.165, 1.54) is 5.56 Å². The lowest BCUT2D eigenvalue weighted by molar-refractivity contribution is -0.118. The van der Waals surface area contributed by atoms with Crippen LogP contribution in [0.4, 0.5) is 0 Å². The maximum Gasteiger partial charge on any atom is 0.159 e. The maximum absolute atomic E-state index is 12.0. The van der Waals surface area contributed by atoms with Crippen molar-refractivity contribution in [2.24, 2.45) is 5.41 Å². The second-order valence-corrected chi connectivity index (χ2v) is 5.68. The van der Waals surface area contributed by atoms with Gasteiger partial charge in [0.1, 0.15) is 0 Å². The van der Waals surface area contributed by atoms with Crippen molar-refractivity contribution in [1.82, 2.24) is 0 Å². The van der Waals surface area contributed by atoms with Gasteiger partial charge in [0, 0.05) is 6.42 Å². The first kappa shape index (κ1) is 12.1. The van der Waals surface area contributed by atoms with Gasteiger partial charge in [-0.3, -0.25) is 4.79 Å². The summed E-state index contributed by atoms with van der Waals surface area (Å²) in [6.45, 7) is 4.32. The molecule has 0 saturated carbocycles. The summed E-state index contributed by atoms with van der Waals surface area (Å²) in [4.78, 5) is 12.0. The van der Waals surface area contributed by atoms with E-state index < -0.39 is 0 Å². The summed E-state index contributed by atoms with van der Waals surface area (Å²) in [6, 6.07) is 10.4. The van der Waals surface area contributed by atoms with Crippen LogP contribution >= 0.6 is 0 Å². The van der Waals surface area contributed by atoms with E-state index in [1.807, 2.05) is 6.07 Å². The summed E-state index contributed by atoms with van der Waals surface area (Å²) in [6.07, 6.45) is 5.74. The highest BCUT2D eigenvalue weighted by Crippen LogP contribution is 2.33. The van der Waals surface area contributed by atoms with Crippen molar-refractivity contribution in [2.45, 2.75) is 39.5 Å². The third-order valence-corrected chi connectivity index (χ3v) is 3.42. The molecule has 2 rings (SSSR count). The van der Waals surface area contributed by atoms with Crippen LogP contribution in [0.15, 0.2) is 42.0 Å². The van der Waals surface area contributed by atoms with Crippen LogP contribution in [0, 0.1) is 5.41 Å². The molecule has 1 aliphatic carbocycles. The van der Waals surface area contributed by atoms with Gasteiger partial charge in [0.05, 0.1) is 0 Å². The maximum atomic E-state index is 12.0. The molecule has 17 heavy (non-hydrogen) atoms. The van der Waals surface area contributed by atoms with Gasteiger partial charge in [0.25, 0.3) is 0 Å². The van der Waals surface area contributed by atoms with Gasteiger partial charge in [0.15, 0.2) is 5.78 Å². The van der Waals surface area contributed by atoms with Crippen LogP contribution in [-0.2, 0) is 11.2 Å². The standard InChI is InChI=1S/C16H20O/c1-16(2)11-10-14(15(17)12-16)9-8-13-6-4-3-5-7-13/h3-7,10H,8-9,11-12H2,1-2H3. The number of carbonyl (C=O) groups is 1. The van der Waals surface area contributed by atoms with Gasteiger partial charge in [-0.15, -0.1) is 0 Å². The molecule has 90 valence electrons. The van der Waals surface area contributed by atoms with Crippen molar-refractivity contribution in [2.75, 3.05) is 0 Å². The second kappa shape index (κ2) is 4.87. The number of benzene rings is 1. The van der Waals surface area contributed by atoms with E-state index in [4.69, 9.17) is 0 Å². The van der Waals surface area contributed by atoms with Crippen LogP contribution in [-0.4, -0.2) is 5.78 Å². The monoisotopic (exact) mass is 228 g/mol. The molecule has 0 radical (unpaired) electrons. The normalized spacial score (nSPS) is 18.9. The zero-order valence-electron chi connectivity index (χ0n) is 10.7. The van der Waals surface area contributed by atoms with E-state index in [9.17, 15) is 4.79 Å². The minimum absolute atomic E-state index is 0.160. The molecule has 1 aromatic rings. The fourth-order valence-electron chi connectivity index (χ4n) is 2.30. The molecule has 1 heteroatoms. The van der Waals surface area contributed by atoms with E-state index in [2.05, 4.69) is 44.2 Å². The summed E-state index contributed by atoms with van der Waals surface area (Å²) in [5.41, 5.74) is 2.51. The smallest absolute Gasteiger partial charge is 0.159 e. The molecular formula is C16H20O. The predicted octanol–water partition coefficient (Wildman–Crippen LogP) is 3.93. The first-order valence-electron chi connectivity index (χ1n) is 6.33. The number of carbonyl (C=O) groups excluding carboxylic acids is 1. The molecule has 1 nitrogen and oxygen atoms in total. The molecule has 1 aromatic carbocycles. The Morgan fingerprint density at radius 3 is 2.47 bits per heavy atom. The van der Waals surface area contributed by atoms with E-state index in [-0.39, 0.29) is 5.41 Å². The highest BCUT2D eigenvalue weighted by molar-refractivity contribution is 5.96. The number of hydrogen-bond donors (Lipinski definition) is 0. The van der Waals surface area contributed by atoms with E-state index in [0.717, 1.165) is 24.8 Å². The van der Waals surface area contributed by atoms with Gasteiger partial charge in [-0.2, -0.15) is 0 Å². The van der Waals surface area contributed by atoms with Gasteiger partial charge in [0.2, 0.25) is 0 Å². The minimum atomic E-state index is 0.160. The molecule has 0 N–H and O–H groups in total. The van der Waals surface area contributed by atoms with Gasteiger partial charge in [-0.1, -0.05) is 50.3 Å². The molecule has 0 saturated heterocycles. The van der Waals surface area contributed by atoms with Gasteiger partial charge in [-0.25, -0.2) is 0 Å². The Morgan fingerprint density at radius 1 is 1.12 bits per heavy atom. The number of allylic oxidation sites excluding steroid dienone is 2. The Balaban J connectivity index is 1.97. The quantitative estimate of drug-likeness (QED) is 0.766. The summed E-state index contributed by atoms with van der Waals surface area (Å²) in [5.74, 6) is 0.345. The van der Waals surface area contributed by atoms with Crippen molar-refractivity contribution in [1.29, 1.82) is 0 Å². The zero-order chi connectivity index (χ0) is 12.3.